The number of quaternary nitrogens is 1. The van der Waals surface area contributed by atoms with Gasteiger partial charge in [-0.1, -0.05) is 0 Å². The summed E-state index contributed by atoms with van der Waals surface area (Å²) in [5.74, 6) is 0.975. The Bertz CT molecular complexity index is 813. The molecule has 5 nitrogen and oxygen atoms in total. The van der Waals surface area contributed by atoms with Crippen LogP contribution in [0.1, 0.15) is 50.1 Å². The van der Waals surface area contributed by atoms with Crippen LogP contribution in [0.5, 0.6) is 5.75 Å². The molecule has 4 rings (SSSR count). The Kier molecular flexibility index (Phi) is 6.90. The molecule has 30 heavy (non-hydrogen) atoms. The van der Waals surface area contributed by atoms with Crippen LogP contribution in [0.4, 0.5) is 11.4 Å². The molecule has 1 unspecified atom stereocenters. The summed E-state index contributed by atoms with van der Waals surface area (Å²) in [6, 6.07) is 17.0. The summed E-state index contributed by atoms with van der Waals surface area (Å²) in [5, 5.41) is 3.12. The van der Waals surface area contributed by atoms with Gasteiger partial charge in [0.25, 0.3) is 5.91 Å². The maximum Gasteiger partial charge on any atom is 0.279 e. The fourth-order valence-electron chi connectivity index (χ4n) is 4.85. The predicted octanol–water partition coefficient (Wildman–Crippen LogP) is 3.43. The van der Waals surface area contributed by atoms with Crippen molar-refractivity contribution in [2.45, 2.75) is 44.6 Å². The molecule has 0 aliphatic carbocycles. The third kappa shape index (κ3) is 5.14. The first-order valence-electron chi connectivity index (χ1n) is 11.4. The first kappa shape index (κ1) is 20.7. The van der Waals surface area contributed by atoms with E-state index in [2.05, 4.69) is 34.5 Å². The molecular weight excluding hydrogens is 374 g/mol. The van der Waals surface area contributed by atoms with Gasteiger partial charge in [-0.25, -0.2) is 0 Å². The highest BCUT2D eigenvalue weighted by atomic mass is 16.5. The van der Waals surface area contributed by atoms with Gasteiger partial charge < -0.3 is 19.9 Å². The number of nitrogens with one attached hydrogen (secondary N) is 2. The fraction of sp³-hybridized carbons (Fsp3) is 0.480. The Morgan fingerprint density at radius 1 is 1.00 bits per heavy atom. The van der Waals surface area contributed by atoms with Crippen molar-refractivity contribution >= 4 is 17.3 Å². The largest absolute Gasteiger partial charge is 0.497 e. The summed E-state index contributed by atoms with van der Waals surface area (Å²) in [7, 11) is 1.69. The lowest BCUT2D eigenvalue weighted by Gasteiger charge is -2.27. The van der Waals surface area contributed by atoms with Crippen LogP contribution < -0.4 is 19.9 Å². The number of amides is 1. The predicted molar refractivity (Wildman–Crippen MR) is 121 cm³/mol. The minimum Gasteiger partial charge on any atom is -0.497 e. The number of carbonyl (C=O) groups excluding carboxylic acids is 1. The molecule has 0 aromatic heterocycles. The molecule has 2 saturated heterocycles. The number of anilines is 2. The van der Waals surface area contributed by atoms with Gasteiger partial charge >= 0.3 is 0 Å². The maximum absolute atomic E-state index is 12.8. The van der Waals surface area contributed by atoms with Crippen molar-refractivity contribution in [1.29, 1.82) is 0 Å². The summed E-state index contributed by atoms with van der Waals surface area (Å²) in [6.07, 6.45) is 7.31. The van der Waals surface area contributed by atoms with Crippen LogP contribution in [0.15, 0.2) is 48.5 Å². The second-order valence-electron chi connectivity index (χ2n) is 8.55. The lowest BCUT2D eigenvalue weighted by molar-refractivity contribution is -0.923. The van der Waals surface area contributed by atoms with E-state index in [1.54, 1.807) is 7.11 Å². The van der Waals surface area contributed by atoms with Crippen molar-refractivity contribution in [3.05, 3.63) is 54.1 Å². The van der Waals surface area contributed by atoms with Gasteiger partial charge in [0.2, 0.25) is 0 Å². The average molecular weight is 409 g/mol. The molecule has 2 fully saturated rings. The summed E-state index contributed by atoms with van der Waals surface area (Å²) in [4.78, 5) is 16.6. The van der Waals surface area contributed by atoms with Crippen LogP contribution in [-0.4, -0.2) is 39.2 Å². The number of carbonyl (C=O) groups is 1. The SMILES string of the molecule is COc1ccc([C@H]2CCCCC[NH+]2CC(=O)Nc2ccc(N3CCCC3)cc2)cc1. The van der Waals surface area contributed by atoms with E-state index in [1.807, 2.05) is 24.3 Å². The molecular formula is C25H34N3O2+. The Balaban J connectivity index is 1.39. The summed E-state index contributed by atoms with van der Waals surface area (Å²) < 4.78 is 5.31. The molecule has 2 N–H and O–H groups in total. The highest BCUT2D eigenvalue weighted by molar-refractivity contribution is 5.91. The molecule has 160 valence electrons. The number of likely N-dealkylation sites (tertiary alicyclic amines) is 1. The number of rotatable bonds is 6. The van der Waals surface area contributed by atoms with E-state index in [4.69, 9.17) is 4.74 Å². The monoisotopic (exact) mass is 408 g/mol. The number of hydrogen-bond donors (Lipinski definition) is 2. The topological polar surface area (TPSA) is 46.0 Å². The van der Waals surface area contributed by atoms with E-state index in [0.29, 0.717) is 12.6 Å². The van der Waals surface area contributed by atoms with Crippen LogP contribution in [0.25, 0.3) is 0 Å². The van der Waals surface area contributed by atoms with Gasteiger partial charge in [-0.05, 0) is 80.6 Å². The summed E-state index contributed by atoms with van der Waals surface area (Å²) in [5.41, 5.74) is 3.44. The lowest BCUT2D eigenvalue weighted by atomic mass is 10.0. The molecule has 2 atom stereocenters. The molecule has 2 heterocycles. The molecule has 2 aromatic rings. The summed E-state index contributed by atoms with van der Waals surface area (Å²) >= 11 is 0. The second kappa shape index (κ2) is 9.98. The third-order valence-corrected chi connectivity index (χ3v) is 6.51. The van der Waals surface area contributed by atoms with Crippen LogP contribution in [0, 0.1) is 0 Å². The normalized spacial score (nSPS) is 21.8. The van der Waals surface area contributed by atoms with Crippen molar-refractivity contribution in [2.24, 2.45) is 0 Å². The average Bonchev–Trinajstić information content (AvgIpc) is 3.22. The molecule has 2 aromatic carbocycles. The number of hydrogen-bond acceptors (Lipinski definition) is 3. The highest BCUT2D eigenvalue weighted by Crippen LogP contribution is 2.23. The van der Waals surface area contributed by atoms with Gasteiger partial charge in [-0.2, -0.15) is 0 Å². The minimum absolute atomic E-state index is 0.0966. The van der Waals surface area contributed by atoms with Crippen LogP contribution in [0.3, 0.4) is 0 Å². The number of nitrogens with zero attached hydrogens (tertiary/aromatic N) is 1. The zero-order chi connectivity index (χ0) is 20.8. The van der Waals surface area contributed by atoms with Gasteiger partial charge in [0.15, 0.2) is 6.54 Å². The third-order valence-electron chi connectivity index (χ3n) is 6.51. The van der Waals surface area contributed by atoms with E-state index in [1.165, 1.54) is 48.3 Å². The second-order valence-corrected chi connectivity index (χ2v) is 8.55. The quantitative estimate of drug-likeness (QED) is 0.770. The van der Waals surface area contributed by atoms with Gasteiger partial charge in [0, 0.05) is 36.4 Å². The number of ether oxygens (including phenoxy) is 1. The first-order valence-corrected chi connectivity index (χ1v) is 11.4. The molecule has 2 aliphatic heterocycles. The lowest BCUT2D eigenvalue weighted by Crippen LogP contribution is -3.13. The molecule has 5 heteroatoms. The van der Waals surface area contributed by atoms with E-state index < -0.39 is 0 Å². The van der Waals surface area contributed by atoms with Gasteiger partial charge in [0.1, 0.15) is 11.8 Å². The van der Waals surface area contributed by atoms with E-state index in [9.17, 15) is 4.79 Å². The molecule has 1 amide bonds. The Hall–Kier alpha value is -2.53. The fourth-order valence-corrected chi connectivity index (χ4v) is 4.85. The maximum atomic E-state index is 12.8. The van der Waals surface area contributed by atoms with Gasteiger partial charge in [0.05, 0.1) is 13.7 Å². The van der Waals surface area contributed by atoms with Crippen molar-refractivity contribution in [1.82, 2.24) is 0 Å². The van der Waals surface area contributed by atoms with Crippen molar-refractivity contribution < 1.29 is 14.4 Å². The Labute approximate surface area is 180 Å². The smallest absolute Gasteiger partial charge is 0.279 e. The van der Waals surface area contributed by atoms with Gasteiger partial charge in [-0.15, -0.1) is 0 Å². The molecule has 0 bridgehead atoms. The van der Waals surface area contributed by atoms with E-state index in [0.717, 1.165) is 37.5 Å². The van der Waals surface area contributed by atoms with Crippen molar-refractivity contribution in [3.63, 3.8) is 0 Å². The van der Waals surface area contributed by atoms with Crippen LogP contribution in [0.2, 0.25) is 0 Å². The molecule has 0 saturated carbocycles. The Morgan fingerprint density at radius 3 is 2.43 bits per heavy atom. The van der Waals surface area contributed by atoms with Gasteiger partial charge in [-0.3, -0.25) is 4.79 Å². The first-order chi connectivity index (χ1) is 14.7. The molecule has 0 radical (unpaired) electrons. The summed E-state index contributed by atoms with van der Waals surface area (Å²) in [6.45, 7) is 3.82. The number of methoxy groups -OCH3 is 1. The van der Waals surface area contributed by atoms with E-state index >= 15 is 0 Å². The van der Waals surface area contributed by atoms with Crippen LogP contribution in [-0.2, 0) is 4.79 Å². The minimum atomic E-state index is 0.0966. The Morgan fingerprint density at radius 2 is 1.73 bits per heavy atom. The zero-order valence-corrected chi connectivity index (χ0v) is 18.0. The molecule has 2 aliphatic rings. The van der Waals surface area contributed by atoms with Crippen molar-refractivity contribution in [2.75, 3.05) is 43.5 Å². The van der Waals surface area contributed by atoms with Crippen molar-refractivity contribution in [3.8, 4) is 5.75 Å². The highest BCUT2D eigenvalue weighted by Gasteiger charge is 2.28. The molecule has 0 spiro atoms. The van der Waals surface area contributed by atoms with E-state index in [-0.39, 0.29) is 5.91 Å². The van der Waals surface area contributed by atoms with Crippen LogP contribution >= 0.6 is 0 Å². The number of benzene rings is 2. The standard InChI is InChI=1S/C25H33N3O2/c1-30-23-14-8-20(9-15-23)24-7-3-2-4-18-28(24)19-25(29)26-21-10-12-22(13-11-21)27-16-5-6-17-27/h8-15,24H,2-7,16-19H2,1H3,(H,26,29)/p+1/t24-/m1/s1. The zero-order valence-electron chi connectivity index (χ0n) is 18.0.